The molecule has 2 heteroatoms. The molecule has 0 unspecified atom stereocenters. The Labute approximate surface area is 170 Å². The van der Waals surface area contributed by atoms with E-state index in [1.165, 1.54) is 56.6 Å². The van der Waals surface area contributed by atoms with Gasteiger partial charge in [0.2, 0.25) is 0 Å². The molecule has 0 spiro atoms. The Balaban J connectivity index is 1.93. The normalized spacial score (nSPS) is 11.4. The first-order chi connectivity index (χ1) is 13.7. The molecule has 2 nitrogen and oxygen atoms in total. The second kappa shape index (κ2) is 12.9. The molecule has 0 aromatic heterocycles. The molecule has 0 saturated heterocycles. The fourth-order valence-electron chi connectivity index (χ4n) is 3.32. The molecule has 0 bridgehead atoms. The molecule has 0 heterocycles. The molecular formula is C26H34O2. The molecule has 0 radical (unpaired) electrons. The maximum Gasteiger partial charge on any atom is 0.302 e. The number of rotatable bonds is 12. The lowest BCUT2D eigenvalue weighted by Crippen LogP contribution is -2.05. The molecule has 0 atom stereocenters. The minimum absolute atomic E-state index is 0.242. The summed E-state index contributed by atoms with van der Waals surface area (Å²) >= 11 is 0. The van der Waals surface area contributed by atoms with Gasteiger partial charge in [0.05, 0.1) is 0 Å². The largest absolute Gasteiger partial charge is 0.461 e. The van der Waals surface area contributed by atoms with Crippen LogP contribution in [-0.2, 0) is 22.4 Å². The predicted octanol–water partition coefficient (Wildman–Crippen LogP) is 6.78. The number of esters is 1. The summed E-state index contributed by atoms with van der Waals surface area (Å²) in [4.78, 5) is 11.2. The van der Waals surface area contributed by atoms with Crippen molar-refractivity contribution in [3.05, 3.63) is 76.9 Å². The van der Waals surface area contributed by atoms with E-state index in [-0.39, 0.29) is 5.97 Å². The maximum absolute atomic E-state index is 11.2. The van der Waals surface area contributed by atoms with Crippen molar-refractivity contribution in [2.24, 2.45) is 0 Å². The van der Waals surface area contributed by atoms with Crippen LogP contribution >= 0.6 is 0 Å². The first-order valence-electron chi connectivity index (χ1n) is 10.6. The van der Waals surface area contributed by atoms with Crippen molar-refractivity contribution in [1.82, 2.24) is 0 Å². The zero-order valence-corrected chi connectivity index (χ0v) is 17.5. The fraction of sp³-hybridized carbons (Fsp3) is 0.423. The Hall–Kier alpha value is -2.35. The third-order valence-electron chi connectivity index (χ3n) is 4.90. The molecule has 0 fully saturated rings. The number of ether oxygens (including phenoxy) is 1. The van der Waals surface area contributed by atoms with Crippen LogP contribution in [-0.4, -0.2) is 12.6 Å². The number of hydrogen-bond acceptors (Lipinski definition) is 2. The molecule has 2 rings (SSSR count). The Bertz CT molecular complexity index is 714. The fourth-order valence-corrected chi connectivity index (χ4v) is 3.32. The van der Waals surface area contributed by atoms with Crippen LogP contribution in [0.1, 0.15) is 69.1 Å². The van der Waals surface area contributed by atoms with E-state index in [1.807, 2.05) is 18.2 Å². The summed E-state index contributed by atoms with van der Waals surface area (Å²) < 4.78 is 5.26. The maximum atomic E-state index is 11.2. The summed E-state index contributed by atoms with van der Waals surface area (Å²) in [7, 11) is 0. The van der Waals surface area contributed by atoms with Crippen molar-refractivity contribution >= 4 is 12.0 Å². The first-order valence-corrected chi connectivity index (χ1v) is 10.6. The molecular weight excluding hydrogens is 344 g/mol. The van der Waals surface area contributed by atoms with Gasteiger partial charge in [-0.05, 0) is 41.5 Å². The molecule has 28 heavy (non-hydrogen) atoms. The van der Waals surface area contributed by atoms with Crippen LogP contribution in [0.2, 0.25) is 0 Å². The molecule has 150 valence electrons. The molecule has 0 amide bonds. The van der Waals surface area contributed by atoms with E-state index >= 15 is 0 Å². The molecule has 2 aromatic rings. The van der Waals surface area contributed by atoms with Crippen molar-refractivity contribution in [2.75, 3.05) is 6.61 Å². The van der Waals surface area contributed by atoms with Crippen molar-refractivity contribution in [2.45, 2.75) is 65.2 Å². The van der Waals surface area contributed by atoms with Gasteiger partial charge in [-0.1, -0.05) is 99.7 Å². The van der Waals surface area contributed by atoms with Gasteiger partial charge in [-0.25, -0.2) is 0 Å². The van der Waals surface area contributed by atoms with Crippen molar-refractivity contribution in [3.63, 3.8) is 0 Å². The highest BCUT2D eigenvalue weighted by atomic mass is 16.5. The Morgan fingerprint density at radius 3 is 2.21 bits per heavy atom. The van der Waals surface area contributed by atoms with E-state index in [0.29, 0.717) is 6.61 Å². The minimum Gasteiger partial charge on any atom is -0.461 e. The molecule has 0 aliphatic rings. The van der Waals surface area contributed by atoms with Crippen LogP contribution in [0.4, 0.5) is 0 Å². The monoisotopic (exact) mass is 378 g/mol. The number of aryl methyl sites for hydroxylation is 1. The summed E-state index contributed by atoms with van der Waals surface area (Å²) in [5.41, 5.74) is 4.88. The van der Waals surface area contributed by atoms with Crippen LogP contribution in [0.25, 0.3) is 6.08 Å². The lowest BCUT2D eigenvalue weighted by molar-refractivity contribution is -0.139. The van der Waals surface area contributed by atoms with Crippen molar-refractivity contribution in [3.8, 4) is 0 Å². The van der Waals surface area contributed by atoms with Gasteiger partial charge in [-0.2, -0.15) is 0 Å². The van der Waals surface area contributed by atoms with Crippen LogP contribution < -0.4 is 0 Å². The average Bonchev–Trinajstić information content (AvgIpc) is 2.71. The van der Waals surface area contributed by atoms with Gasteiger partial charge in [0.25, 0.3) is 0 Å². The zero-order valence-electron chi connectivity index (χ0n) is 17.5. The van der Waals surface area contributed by atoms with Gasteiger partial charge in [-0.15, -0.1) is 0 Å². The lowest BCUT2D eigenvalue weighted by atomic mass is 10.0. The summed E-state index contributed by atoms with van der Waals surface area (Å²) in [6.45, 7) is 4.05. The van der Waals surface area contributed by atoms with Crippen LogP contribution in [0.3, 0.4) is 0 Å². The third-order valence-corrected chi connectivity index (χ3v) is 4.90. The quantitative estimate of drug-likeness (QED) is 0.300. The highest BCUT2D eigenvalue weighted by molar-refractivity contribution is 5.66. The van der Waals surface area contributed by atoms with Gasteiger partial charge < -0.3 is 4.74 Å². The molecule has 0 saturated carbocycles. The highest BCUT2D eigenvalue weighted by Crippen LogP contribution is 2.16. The Kier molecular flexibility index (Phi) is 10.1. The second-order valence-electron chi connectivity index (χ2n) is 7.50. The summed E-state index contributed by atoms with van der Waals surface area (Å²) in [6.07, 6.45) is 12.1. The number of benzene rings is 2. The minimum atomic E-state index is -0.242. The zero-order chi connectivity index (χ0) is 20.0. The first kappa shape index (κ1) is 21.9. The smallest absolute Gasteiger partial charge is 0.302 e. The van der Waals surface area contributed by atoms with E-state index in [2.05, 4.69) is 49.4 Å². The summed E-state index contributed by atoms with van der Waals surface area (Å²) in [5, 5.41) is 0. The molecule has 2 aromatic carbocycles. The standard InChI is InChI=1S/C26H34O2/c1-3-4-5-6-7-9-12-23-15-17-25(18-16-23)20-26(21-28-22(2)27)19-24-13-10-8-11-14-24/h8,10-11,13-18,20H,3-7,9,12,19,21H2,1-2H3. The summed E-state index contributed by atoms with van der Waals surface area (Å²) in [6, 6.07) is 19.1. The average molecular weight is 379 g/mol. The van der Waals surface area contributed by atoms with E-state index in [0.717, 1.165) is 24.0 Å². The van der Waals surface area contributed by atoms with E-state index in [9.17, 15) is 4.79 Å². The molecule has 0 aliphatic heterocycles. The van der Waals surface area contributed by atoms with Crippen LogP contribution in [0, 0.1) is 0 Å². The van der Waals surface area contributed by atoms with Gasteiger partial charge >= 0.3 is 5.97 Å². The van der Waals surface area contributed by atoms with Crippen molar-refractivity contribution in [1.29, 1.82) is 0 Å². The number of hydrogen-bond donors (Lipinski definition) is 0. The van der Waals surface area contributed by atoms with Gasteiger partial charge in [0.1, 0.15) is 6.61 Å². The van der Waals surface area contributed by atoms with Gasteiger partial charge in [0.15, 0.2) is 0 Å². The summed E-state index contributed by atoms with van der Waals surface area (Å²) in [5.74, 6) is -0.242. The van der Waals surface area contributed by atoms with Gasteiger partial charge in [0, 0.05) is 6.92 Å². The number of carbonyl (C=O) groups excluding carboxylic acids is 1. The van der Waals surface area contributed by atoms with Gasteiger partial charge in [-0.3, -0.25) is 4.79 Å². The molecule has 0 N–H and O–H groups in total. The topological polar surface area (TPSA) is 26.3 Å². The number of unbranched alkanes of at least 4 members (excludes halogenated alkanes) is 5. The number of carbonyl (C=O) groups is 1. The molecule has 0 aliphatic carbocycles. The van der Waals surface area contributed by atoms with E-state index in [1.54, 1.807) is 0 Å². The lowest BCUT2D eigenvalue weighted by Gasteiger charge is -2.09. The Morgan fingerprint density at radius 1 is 0.857 bits per heavy atom. The van der Waals surface area contributed by atoms with Crippen LogP contribution in [0.5, 0.6) is 0 Å². The Morgan fingerprint density at radius 2 is 1.54 bits per heavy atom. The van der Waals surface area contributed by atoms with E-state index in [4.69, 9.17) is 4.74 Å². The second-order valence-corrected chi connectivity index (χ2v) is 7.50. The van der Waals surface area contributed by atoms with Crippen molar-refractivity contribution < 1.29 is 9.53 Å². The highest BCUT2D eigenvalue weighted by Gasteiger charge is 2.04. The van der Waals surface area contributed by atoms with E-state index < -0.39 is 0 Å². The predicted molar refractivity (Wildman–Crippen MR) is 118 cm³/mol. The van der Waals surface area contributed by atoms with Crippen LogP contribution in [0.15, 0.2) is 60.2 Å². The third kappa shape index (κ3) is 9.03. The SMILES string of the molecule is CCCCCCCCc1ccc(C=C(COC(C)=O)Cc2ccccc2)cc1.